The van der Waals surface area contributed by atoms with Crippen LogP contribution in [0.2, 0.25) is 0 Å². The fourth-order valence-electron chi connectivity index (χ4n) is 3.83. The Morgan fingerprint density at radius 3 is 2.76 bits per heavy atom. The number of aryl methyl sites for hydroxylation is 1. The zero-order chi connectivity index (χ0) is 24.3. The highest BCUT2D eigenvalue weighted by molar-refractivity contribution is 8.03. The van der Waals surface area contributed by atoms with E-state index in [9.17, 15) is 18.0 Å². The number of nitrogens with zero attached hydrogens (tertiary/aromatic N) is 4. The number of unbranched alkanes of at least 4 members (excludes halogenated alkanes) is 1. The minimum absolute atomic E-state index is 0.0539. The summed E-state index contributed by atoms with van der Waals surface area (Å²) in [4.78, 5) is 16.5. The molecule has 1 amide bonds. The third kappa shape index (κ3) is 5.21. The zero-order valence-corrected chi connectivity index (χ0v) is 19.6. The lowest BCUT2D eigenvalue weighted by Crippen LogP contribution is -2.27. The maximum Gasteiger partial charge on any atom is 0.420 e. The summed E-state index contributed by atoms with van der Waals surface area (Å²) >= 11 is 1.69. The predicted molar refractivity (Wildman–Crippen MR) is 125 cm³/mol. The van der Waals surface area contributed by atoms with Crippen molar-refractivity contribution in [2.24, 2.45) is 0 Å². The number of carbonyl (C=O) groups is 1. The highest BCUT2D eigenvalue weighted by Gasteiger charge is 2.35. The number of thioether (sulfide) groups is 1. The summed E-state index contributed by atoms with van der Waals surface area (Å²) in [6.45, 7) is 2.80. The second kappa shape index (κ2) is 10.1. The number of alkyl halides is 3. The molecular formula is C22H25F3N6O2S. The number of hydrogen-bond donors (Lipinski definition) is 2. The molecule has 2 N–H and O–H groups in total. The van der Waals surface area contributed by atoms with Gasteiger partial charge in [0.2, 0.25) is 11.6 Å². The smallest absolute Gasteiger partial charge is 0.420 e. The van der Waals surface area contributed by atoms with Gasteiger partial charge in [-0.05, 0) is 37.7 Å². The Labute approximate surface area is 198 Å². The topological polar surface area (TPSA) is 93.4 Å². The standard InChI is InChI=1S/C22H25F3N6O2S/c1-13-29-30-21-20(27-8-4-3-7-26-19(32)10-14-6-5-9-34-14)28-16-12-18(33-2)15(22(23,24)25)11-17(16)31(13)21/h5,9,11-12,14H,3-4,6-8,10H2,1-2H3,(H,26,32)(H,27,28). The molecule has 0 saturated heterocycles. The predicted octanol–water partition coefficient (Wildman–Crippen LogP) is 4.33. The molecule has 1 unspecified atom stereocenters. The minimum Gasteiger partial charge on any atom is -0.496 e. The van der Waals surface area contributed by atoms with Crippen molar-refractivity contribution in [3.63, 3.8) is 0 Å². The van der Waals surface area contributed by atoms with Crippen molar-refractivity contribution in [3.8, 4) is 5.75 Å². The van der Waals surface area contributed by atoms with Gasteiger partial charge in [0.25, 0.3) is 0 Å². The number of methoxy groups -OCH3 is 1. The second-order valence-corrected chi connectivity index (χ2v) is 9.17. The van der Waals surface area contributed by atoms with E-state index >= 15 is 0 Å². The number of halogens is 3. The molecule has 1 aromatic carbocycles. The molecule has 0 fully saturated rings. The first kappa shape index (κ1) is 24.1. The SMILES string of the molecule is COc1cc2nc(NCCCCNC(=O)CC3CC=CS3)c3nnc(C)n3c2cc1C(F)(F)F. The lowest BCUT2D eigenvalue weighted by Gasteiger charge is -2.15. The first-order valence-corrected chi connectivity index (χ1v) is 11.8. The average Bonchev–Trinajstić information content (AvgIpc) is 3.44. The number of rotatable bonds is 9. The number of ether oxygens (including phenoxy) is 1. The van der Waals surface area contributed by atoms with Gasteiger partial charge in [0.15, 0.2) is 5.82 Å². The van der Waals surface area contributed by atoms with E-state index in [1.54, 1.807) is 23.1 Å². The number of benzene rings is 1. The van der Waals surface area contributed by atoms with Crippen molar-refractivity contribution >= 4 is 40.2 Å². The van der Waals surface area contributed by atoms with E-state index in [1.165, 1.54) is 13.2 Å². The monoisotopic (exact) mass is 494 g/mol. The third-order valence-corrected chi connectivity index (χ3v) is 6.60. The van der Waals surface area contributed by atoms with Crippen LogP contribution in [-0.4, -0.2) is 50.9 Å². The molecule has 1 atom stereocenters. The van der Waals surface area contributed by atoms with Crippen molar-refractivity contribution in [1.82, 2.24) is 24.9 Å². The summed E-state index contributed by atoms with van der Waals surface area (Å²) in [5.74, 6) is 0.621. The summed E-state index contributed by atoms with van der Waals surface area (Å²) in [5.41, 5.74) is 0.0345. The van der Waals surface area contributed by atoms with Gasteiger partial charge in [0, 0.05) is 30.8 Å². The van der Waals surface area contributed by atoms with Crippen LogP contribution in [0.4, 0.5) is 19.0 Å². The molecule has 182 valence electrons. The molecule has 2 aromatic heterocycles. The van der Waals surface area contributed by atoms with Crippen LogP contribution < -0.4 is 15.4 Å². The van der Waals surface area contributed by atoms with Gasteiger partial charge in [-0.25, -0.2) is 4.98 Å². The van der Waals surface area contributed by atoms with E-state index in [2.05, 4.69) is 31.9 Å². The number of fused-ring (bicyclic) bond motifs is 3. The fourth-order valence-corrected chi connectivity index (χ4v) is 4.75. The van der Waals surface area contributed by atoms with Gasteiger partial charge in [0.1, 0.15) is 11.6 Å². The Balaban J connectivity index is 1.42. The Bertz CT molecular complexity index is 1220. The molecular weight excluding hydrogens is 469 g/mol. The quantitative estimate of drug-likeness (QED) is 0.428. The van der Waals surface area contributed by atoms with Crippen LogP contribution in [0.3, 0.4) is 0 Å². The molecule has 4 rings (SSSR count). The summed E-state index contributed by atoms with van der Waals surface area (Å²) in [5, 5.41) is 16.6. The third-order valence-electron chi connectivity index (χ3n) is 5.51. The largest absolute Gasteiger partial charge is 0.496 e. The summed E-state index contributed by atoms with van der Waals surface area (Å²) in [6, 6.07) is 2.28. The van der Waals surface area contributed by atoms with E-state index in [0.717, 1.165) is 25.3 Å². The molecule has 8 nitrogen and oxygen atoms in total. The average molecular weight is 495 g/mol. The van der Waals surface area contributed by atoms with E-state index in [-0.39, 0.29) is 17.2 Å². The van der Waals surface area contributed by atoms with Gasteiger partial charge in [-0.2, -0.15) is 13.2 Å². The lowest BCUT2D eigenvalue weighted by molar-refractivity contribution is -0.138. The van der Waals surface area contributed by atoms with Crippen molar-refractivity contribution in [3.05, 3.63) is 35.0 Å². The molecule has 1 aliphatic rings. The maximum atomic E-state index is 13.5. The molecule has 0 aliphatic carbocycles. The molecule has 12 heteroatoms. The van der Waals surface area contributed by atoms with E-state index in [0.29, 0.717) is 47.6 Å². The Morgan fingerprint density at radius 2 is 2.06 bits per heavy atom. The maximum absolute atomic E-state index is 13.5. The van der Waals surface area contributed by atoms with Gasteiger partial charge in [-0.15, -0.1) is 22.0 Å². The van der Waals surface area contributed by atoms with Gasteiger partial charge in [-0.3, -0.25) is 9.20 Å². The van der Waals surface area contributed by atoms with Crippen molar-refractivity contribution < 1.29 is 22.7 Å². The van der Waals surface area contributed by atoms with Crippen molar-refractivity contribution in [2.75, 3.05) is 25.5 Å². The van der Waals surface area contributed by atoms with Crippen LogP contribution in [0.1, 0.15) is 37.1 Å². The second-order valence-electron chi connectivity index (χ2n) is 7.96. The number of carbonyl (C=O) groups excluding carboxylic acids is 1. The number of anilines is 1. The minimum atomic E-state index is -4.58. The Kier molecular flexibility index (Phi) is 7.15. The van der Waals surface area contributed by atoms with E-state index in [4.69, 9.17) is 4.74 Å². The number of allylic oxidation sites excluding steroid dienone is 1. The normalized spacial score (nSPS) is 15.9. The van der Waals surface area contributed by atoms with Crippen molar-refractivity contribution in [1.29, 1.82) is 0 Å². The number of nitrogens with one attached hydrogen (secondary N) is 2. The molecule has 0 bridgehead atoms. The number of hydrogen-bond acceptors (Lipinski definition) is 7. The Hall–Kier alpha value is -3.02. The van der Waals surface area contributed by atoms with Crippen molar-refractivity contribution in [2.45, 2.75) is 44.0 Å². The molecule has 0 radical (unpaired) electrons. The number of amides is 1. The highest BCUT2D eigenvalue weighted by atomic mass is 32.2. The molecule has 0 spiro atoms. The Morgan fingerprint density at radius 1 is 1.26 bits per heavy atom. The van der Waals surface area contributed by atoms with E-state index < -0.39 is 11.7 Å². The molecule has 34 heavy (non-hydrogen) atoms. The first-order chi connectivity index (χ1) is 16.3. The lowest BCUT2D eigenvalue weighted by atomic mass is 10.1. The van der Waals surface area contributed by atoms with Gasteiger partial charge >= 0.3 is 6.18 Å². The van der Waals surface area contributed by atoms with E-state index in [1.807, 2.05) is 5.41 Å². The number of aromatic nitrogens is 4. The molecule has 0 saturated carbocycles. The van der Waals surface area contributed by atoms with Crippen LogP contribution in [0.25, 0.3) is 16.7 Å². The fraction of sp³-hybridized carbons (Fsp3) is 0.455. The van der Waals surface area contributed by atoms with Gasteiger partial charge < -0.3 is 15.4 Å². The van der Waals surface area contributed by atoms with Gasteiger partial charge in [0.05, 0.1) is 23.7 Å². The first-order valence-electron chi connectivity index (χ1n) is 10.9. The van der Waals surface area contributed by atoms with Crippen LogP contribution in [-0.2, 0) is 11.0 Å². The molecule has 3 heterocycles. The van der Waals surface area contributed by atoms with Crippen LogP contribution >= 0.6 is 11.8 Å². The van der Waals surface area contributed by atoms with Crippen LogP contribution in [0.15, 0.2) is 23.6 Å². The van der Waals surface area contributed by atoms with Gasteiger partial charge in [-0.1, -0.05) is 6.08 Å². The molecule has 3 aromatic rings. The zero-order valence-electron chi connectivity index (χ0n) is 18.8. The summed E-state index contributed by atoms with van der Waals surface area (Å²) in [7, 11) is 1.19. The molecule has 1 aliphatic heterocycles. The summed E-state index contributed by atoms with van der Waals surface area (Å²) < 4.78 is 47.0. The van der Waals surface area contributed by atoms with Crippen LogP contribution in [0.5, 0.6) is 5.75 Å². The van der Waals surface area contributed by atoms with Crippen LogP contribution in [0, 0.1) is 6.92 Å². The summed E-state index contributed by atoms with van der Waals surface area (Å²) in [6.07, 6.45) is 0.477. The highest BCUT2D eigenvalue weighted by Crippen LogP contribution is 2.39.